The number of hydrogen-bond donors (Lipinski definition) is 0. The van der Waals surface area contributed by atoms with Crippen molar-refractivity contribution >= 4 is 21.8 Å². The van der Waals surface area contributed by atoms with Crippen molar-refractivity contribution in [2.45, 2.75) is 5.41 Å². The van der Waals surface area contributed by atoms with E-state index < -0.39 is 5.41 Å². The van der Waals surface area contributed by atoms with E-state index in [1.807, 2.05) is 36.4 Å². The summed E-state index contributed by atoms with van der Waals surface area (Å²) < 4.78 is 9.04. The molecule has 0 saturated heterocycles. The second kappa shape index (κ2) is 13.8. The minimum atomic E-state index is -0.621. The number of fused-ring (bicyclic) bond motifs is 12. The molecule has 3 heterocycles. The highest BCUT2D eigenvalue weighted by Gasteiger charge is 2.51. The summed E-state index contributed by atoms with van der Waals surface area (Å²) >= 11 is 0. The molecule has 0 fully saturated rings. The van der Waals surface area contributed by atoms with E-state index in [4.69, 9.17) is 19.7 Å². The smallest absolute Gasteiger partial charge is 0.164 e. The number of benzene rings is 9. The predicted molar refractivity (Wildman–Crippen MR) is 253 cm³/mol. The van der Waals surface area contributed by atoms with Gasteiger partial charge in [0, 0.05) is 44.3 Å². The fourth-order valence-electron chi connectivity index (χ4n) is 10.2. The molecular formula is C58H36N4O. The maximum Gasteiger partial charge on any atom is 0.164 e. The lowest BCUT2D eigenvalue weighted by atomic mass is 9.66. The van der Waals surface area contributed by atoms with Gasteiger partial charge in [0.05, 0.1) is 16.4 Å². The molecule has 1 aliphatic carbocycles. The van der Waals surface area contributed by atoms with Crippen LogP contribution in [0.4, 0.5) is 0 Å². The molecule has 11 aromatic rings. The van der Waals surface area contributed by atoms with E-state index in [1.54, 1.807) is 0 Å². The lowest BCUT2D eigenvalue weighted by molar-refractivity contribution is 0.436. The molecule has 2 aromatic heterocycles. The van der Waals surface area contributed by atoms with Gasteiger partial charge in [0.25, 0.3) is 0 Å². The highest BCUT2D eigenvalue weighted by Crippen LogP contribution is 2.62. The summed E-state index contributed by atoms with van der Waals surface area (Å²) in [5, 5.41) is 2.45. The monoisotopic (exact) mass is 804 g/mol. The maximum atomic E-state index is 6.67. The van der Waals surface area contributed by atoms with Crippen LogP contribution in [0.25, 0.3) is 83.9 Å². The zero-order valence-electron chi connectivity index (χ0n) is 34.0. The van der Waals surface area contributed by atoms with E-state index in [0.29, 0.717) is 17.5 Å². The quantitative estimate of drug-likeness (QED) is 0.174. The summed E-state index contributed by atoms with van der Waals surface area (Å²) in [6.07, 6.45) is 0. The summed E-state index contributed by atoms with van der Waals surface area (Å²) in [6, 6.07) is 77.4. The third-order valence-electron chi connectivity index (χ3n) is 12.9. The fraction of sp³-hybridized carbons (Fsp3) is 0.0172. The van der Waals surface area contributed by atoms with Crippen LogP contribution in [-0.2, 0) is 5.41 Å². The van der Waals surface area contributed by atoms with E-state index in [1.165, 1.54) is 38.5 Å². The Morgan fingerprint density at radius 3 is 1.43 bits per heavy atom. The van der Waals surface area contributed by atoms with Gasteiger partial charge in [0.15, 0.2) is 17.5 Å². The van der Waals surface area contributed by atoms with Crippen LogP contribution in [0.1, 0.15) is 22.3 Å². The lowest BCUT2D eigenvalue weighted by Gasteiger charge is -2.39. The number of para-hydroxylation sites is 4. The molecular weight excluding hydrogens is 769 g/mol. The van der Waals surface area contributed by atoms with Gasteiger partial charge in [-0.05, 0) is 88.0 Å². The predicted octanol–water partition coefficient (Wildman–Crippen LogP) is 14.1. The zero-order chi connectivity index (χ0) is 41.5. The molecule has 0 amide bonds. The first-order valence-electron chi connectivity index (χ1n) is 21.3. The molecule has 294 valence electrons. The molecule has 0 atom stereocenters. The van der Waals surface area contributed by atoms with Gasteiger partial charge in [-0.1, -0.05) is 164 Å². The second-order valence-corrected chi connectivity index (χ2v) is 16.3. The topological polar surface area (TPSA) is 52.8 Å². The standard InChI is InChI=1S/C58H36N4O/c1-4-16-37(17-5-1)55-59-56(38-18-6-2-7-19-38)61-57(60-55)41-29-32-48-45(36-41)44-34-39(28-31-47(44)58(48)49-23-11-14-26-53(49)63-54-27-15-12-24-50(54)58)40-30-33-52-46(35-40)43-22-10-13-25-51(43)62(52)42-20-8-3-9-21-42/h1-36H. The Hall–Kier alpha value is -8.41. The van der Waals surface area contributed by atoms with Crippen molar-refractivity contribution in [1.29, 1.82) is 0 Å². The third kappa shape index (κ3) is 5.33. The molecule has 0 radical (unpaired) electrons. The normalized spacial score (nSPS) is 13.0. The Balaban J connectivity index is 1.05. The summed E-state index contributed by atoms with van der Waals surface area (Å²) in [6.45, 7) is 0. The Labute approximate surface area is 364 Å². The molecule has 5 heteroatoms. The van der Waals surface area contributed by atoms with Crippen LogP contribution in [-0.4, -0.2) is 19.5 Å². The fourth-order valence-corrected chi connectivity index (χ4v) is 10.2. The lowest BCUT2D eigenvalue weighted by Crippen LogP contribution is -2.32. The molecule has 5 nitrogen and oxygen atoms in total. The number of ether oxygens (including phenoxy) is 1. The highest BCUT2D eigenvalue weighted by atomic mass is 16.5. The minimum Gasteiger partial charge on any atom is -0.457 e. The third-order valence-corrected chi connectivity index (χ3v) is 12.9. The second-order valence-electron chi connectivity index (χ2n) is 16.3. The first-order valence-corrected chi connectivity index (χ1v) is 21.3. The molecule has 0 bridgehead atoms. The van der Waals surface area contributed by atoms with Crippen molar-refractivity contribution in [2.75, 3.05) is 0 Å². The van der Waals surface area contributed by atoms with E-state index in [2.05, 4.69) is 187 Å². The Bertz CT molecular complexity index is 3490. The number of hydrogen-bond acceptors (Lipinski definition) is 4. The van der Waals surface area contributed by atoms with Crippen molar-refractivity contribution in [3.05, 3.63) is 241 Å². The van der Waals surface area contributed by atoms with Gasteiger partial charge in [-0.15, -0.1) is 0 Å². The largest absolute Gasteiger partial charge is 0.457 e. The molecule has 13 rings (SSSR count). The van der Waals surface area contributed by atoms with Gasteiger partial charge < -0.3 is 9.30 Å². The summed E-state index contributed by atoms with van der Waals surface area (Å²) in [5.74, 6) is 3.62. The molecule has 0 saturated carbocycles. The first-order chi connectivity index (χ1) is 31.2. The molecule has 2 aliphatic rings. The van der Waals surface area contributed by atoms with E-state index in [0.717, 1.165) is 61.7 Å². The Morgan fingerprint density at radius 1 is 0.333 bits per heavy atom. The van der Waals surface area contributed by atoms with Crippen molar-refractivity contribution in [3.8, 4) is 73.6 Å². The van der Waals surface area contributed by atoms with E-state index in [9.17, 15) is 0 Å². The molecule has 0 unspecified atom stereocenters. The SMILES string of the molecule is c1ccc(-c2nc(-c3ccccc3)nc(-c3ccc4c(c3)-c3cc(-c5ccc6c(c5)c5ccccc5n6-c5ccccc5)ccc3C43c4ccccc4Oc4ccccc43)n2)cc1. The summed E-state index contributed by atoms with van der Waals surface area (Å²) in [4.78, 5) is 15.3. The van der Waals surface area contributed by atoms with Gasteiger partial charge in [0.1, 0.15) is 11.5 Å². The van der Waals surface area contributed by atoms with Crippen LogP contribution in [0.2, 0.25) is 0 Å². The van der Waals surface area contributed by atoms with Gasteiger partial charge in [-0.3, -0.25) is 0 Å². The van der Waals surface area contributed by atoms with E-state index >= 15 is 0 Å². The average Bonchev–Trinajstić information content (AvgIpc) is 3.84. The molecule has 0 N–H and O–H groups in total. The zero-order valence-corrected chi connectivity index (χ0v) is 34.0. The van der Waals surface area contributed by atoms with Crippen molar-refractivity contribution in [3.63, 3.8) is 0 Å². The van der Waals surface area contributed by atoms with Crippen LogP contribution in [0.5, 0.6) is 11.5 Å². The number of nitrogens with zero attached hydrogens (tertiary/aromatic N) is 4. The van der Waals surface area contributed by atoms with Crippen LogP contribution in [0, 0.1) is 0 Å². The van der Waals surface area contributed by atoms with Crippen molar-refractivity contribution < 1.29 is 4.74 Å². The minimum absolute atomic E-state index is 0.621. The molecule has 1 aliphatic heterocycles. The Kier molecular flexibility index (Phi) is 7.75. The Morgan fingerprint density at radius 2 is 0.794 bits per heavy atom. The molecule has 63 heavy (non-hydrogen) atoms. The van der Waals surface area contributed by atoms with Gasteiger partial charge in [-0.25, -0.2) is 15.0 Å². The van der Waals surface area contributed by atoms with Crippen LogP contribution in [0.15, 0.2) is 218 Å². The van der Waals surface area contributed by atoms with Crippen LogP contribution >= 0.6 is 0 Å². The summed E-state index contributed by atoms with van der Waals surface area (Å²) in [5.41, 5.74) is 15.0. The first kappa shape index (κ1) is 35.4. The van der Waals surface area contributed by atoms with Gasteiger partial charge in [-0.2, -0.15) is 0 Å². The van der Waals surface area contributed by atoms with Gasteiger partial charge in [0.2, 0.25) is 0 Å². The highest BCUT2D eigenvalue weighted by molar-refractivity contribution is 6.10. The van der Waals surface area contributed by atoms with Crippen molar-refractivity contribution in [1.82, 2.24) is 19.5 Å². The van der Waals surface area contributed by atoms with E-state index in [-0.39, 0.29) is 0 Å². The maximum absolute atomic E-state index is 6.67. The molecule has 1 spiro atoms. The summed E-state index contributed by atoms with van der Waals surface area (Å²) in [7, 11) is 0. The molecule has 9 aromatic carbocycles. The van der Waals surface area contributed by atoms with Gasteiger partial charge >= 0.3 is 0 Å². The van der Waals surface area contributed by atoms with Crippen molar-refractivity contribution in [2.24, 2.45) is 0 Å². The van der Waals surface area contributed by atoms with Crippen LogP contribution < -0.4 is 4.74 Å². The number of rotatable bonds is 5. The number of aromatic nitrogens is 4. The van der Waals surface area contributed by atoms with Crippen LogP contribution in [0.3, 0.4) is 0 Å². The average molecular weight is 805 g/mol.